The number of aromatic amines is 1. The molecule has 5 nitrogen and oxygen atoms in total. The predicted molar refractivity (Wildman–Crippen MR) is 74.7 cm³/mol. The molecule has 0 aliphatic rings. The number of carbonyl (C=O) groups excluding carboxylic acids is 1. The number of benzene rings is 1. The Morgan fingerprint density at radius 1 is 1.25 bits per heavy atom. The Balaban J connectivity index is 2.15. The summed E-state index contributed by atoms with van der Waals surface area (Å²) in [4.78, 5) is 12.0. The van der Waals surface area contributed by atoms with E-state index in [9.17, 15) is 4.79 Å². The minimum atomic E-state index is -0.402. The zero-order chi connectivity index (χ0) is 14.4. The molecule has 1 aromatic heterocycles. The Kier molecular flexibility index (Phi) is 4.76. The SMILES string of the molecule is CCOC(=O)c1c(OCc2ccccc2)n[nH]c1CC. The van der Waals surface area contributed by atoms with Gasteiger partial charge in [-0.15, -0.1) is 5.10 Å². The summed E-state index contributed by atoms with van der Waals surface area (Å²) in [7, 11) is 0. The number of nitrogens with zero attached hydrogens (tertiary/aromatic N) is 1. The summed E-state index contributed by atoms with van der Waals surface area (Å²) >= 11 is 0. The van der Waals surface area contributed by atoms with Crippen molar-refractivity contribution in [3.05, 3.63) is 47.2 Å². The van der Waals surface area contributed by atoms with Crippen LogP contribution in [0.25, 0.3) is 0 Å². The van der Waals surface area contributed by atoms with E-state index in [1.54, 1.807) is 6.92 Å². The fourth-order valence-corrected chi connectivity index (χ4v) is 1.86. The summed E-state index contributed by atoms with van der Waals surface area (Å²) in [6, 6.07) is 9.73. The van der Waals surface area contributed by atoms with Crippen molar-refractivity contribution in [3.63, 3.8) is 0 Å². The topological polar surface area (TPSA) is 64.2 Å². The van der Waals surface area contributed by atoms with E-state index in [0.717, 1.165) is 11.3 Å². The minimum Gasteiger partial charge on any atom is -0.471 e. The molecule has 0 atom stereocenters. The first-order chi connectivity index (χ1) is 9.76. The van der Waals surface area contributed by atoms with E-state index in [-0.39, 0.29) is 0 Å². The average Bonchev–Trinajstić information content (AvgIpc) is 2.89. The van der Waals surface area contributed by atoms with Crippen LogP contribution in [0.5, 0.6) is 5.88 Å². The van der Waals surface area contributed by atoms with E-state index in [2.05, 4.69) is 10.2 Å². The van der Waals surface area contributed by atoms with Crippen LogP contribution >= 0.6 is 0 Å². The Bertz CT molecular complexity index is 564. The number of carbonyl (C=O) groups is 1. The zero-order valence-electron chi connectivity index (χ0n) is 11.7. The number of nitrogens with one attached hydrogen (secondary N) is 1. The van der Waals surface area contributed by atoms with Gasteiger partial charge in [-0.3, -0.25) is 5.10 Å². The zero-order valence-corrected chi connectivity index (χ0v) is 11.7. The Morgan fingerprint density at radius 3 is 2.65 bits per heavy atom. The van der Waals surface area contributed by atoms with Crippen molar-refractivity contribution in [1.82, 2.24) is 10.2 Å². The van der Waals surface area contributed by atoms with E-state index in [4.69, 9.17) is 9.47 Å². The first-order valence-electron chi connectivity index (χ1n) is 6.67. The van der Waals surface area contributed by atoms with Crippen molar-refractivity contribution in [2.24, 2.45) is 0 Å². The summed E-state index contributed by atoms with van der Waals surface area (Å²) in [6.07, 6.45) is 0.663. The van der Waals surface area contributed by atoms with Crippen molar-refractivity contribution < 1.29 is 14.3 Å². The molecule has 20 heavy (non-hydrogen) atoms. The van der Waals surface area contributed by atoms with Crippen molar-refractivity contribution in [2.75, 3.05) is 6.61 Å². The molecule has 0 saturated heterocycles. The average molecular weight is 274 g/mol. The van der Waals surface area contributed by atoms with E-state index in [0.29, 0.717) is 31.1 Å². The monoisotopic (exact) mass is 274 g/mol. The third-order valence-electron chi connectivity index (χ3n) is 2.86. The third kappa shape index (κ3) is 3.17. The van der Waals surface area contributed by atoms with Crippen LogP contribution in [0.4, 0.5) is 0 Å². The number of rotatable bonds is 6. The van der Waals surface area contributed by atoms with Gasteiger partial charge < -0.3 is 9.47 Å². The molecule has 0 radical (unpaired) electrons. The molecule has 0 spiro atoms. The smallest absolute Gasteiger partial charge is 0.345 e. The second-order valence-corrected chi connectivity index (χ2v) is 4.23. The Hall–Kier alpha value is -2.30. The van der Waals surface area contributed by atoms with Gasteiger partial charge in [0.15, 0.2) is 0 Å². The fraction of sp³-hybridized carbons (Fsp3) is 0.333. The molecule has 0 fully saturated rings. The Labute approximate surface area is 117 Å². The maximum Gasteiger partial charge on any atom is 0.345 e. The van der Waals surface area contributed by atoms with Crippen LogP contribution < -0.4 is 4.74 Å². The highest BCUT2D eigenvalue weighted by Crippen LogP contribution is 2.21. The van der Waals surface area contributed by atoms with Crippen LogP contribution in [0.2, 0.25) is 0 Å². The number of ether oxygens (including phenoxy) is 2. The standard InChI is InChI=1S/C15H18N2O3/c1-3-12-13(15(18)19-4-2)14(17-16-12)20-10-11-8-6-5-7-9-11/h5-9H,3-4,10H2,1-2H3,(H,16,17). The molecular weight excluding hydrogens is 256 g/mol. The first kappa shape index (κ1) is 14.1. The van der Waals surface area contributed by atoms with E-state index < -0.39 is 5.97 Å². The summed E-state index contributed by atoms with van der Waals surface area (Å²) in [5.41, 5.74) is 2.14. The number of aromatic nitrogens is 2. The molecule has 5 heteroatoms. The van der Waals surface area contributed by atoms with Gasteiger partial charge >= 0.3 is 5.97 Å². The van der Waals surface area contributed by atoms with Crippen LogP contribution in [-0.2, 0) is 17.8 Å². The highest BCUT2D eigenvalue weighted by molar-refractivity contribution is 5.93. The Morgan fingerprint density at radius 2 is 2.00 bits per heavy atom. The number of esters is 1. The van der Waals surface area contributed by atoms with Crippen molar-refractivity contribution >= 4 is 5.97 Å². The van der Waals surface area contributed by atoms with E-state index >= 15 is 0 Å². The van der Waals surface area contributed by atoms with Gasteiger partial charge in [0.25, 0.3) is 0 Å². The predicted octanol–water partition coefficient (Wildman–Crippen LogP) is 2.73. The molecule has 0 amide bonds. The van der Waals surface area contributed by atoms with Crippen LogP contribution in [0.3, 0.4) is 0 Å². The maximum atomic E-state index is 12.0. The number of hydrogen-bond donors (Lipinski definition) is 1. The minimum absolute atomic E-state index is 0.296. The number of aryl methyl sites for hydroxylation is 1. The highest BCUT2D eigenvalue weighted by Gasteiger charge is 2.22. The molecule has 0 aliphatic carbocycles. The van der Waals surface area contributed by atoms with E-state index in [1.165, 1.54) is 0 Å². The molecule has 2 rings (SSSR count). The summed E-state index contributed by atoms with van der Waals surface area (Å²) in [5, 5.41) is 6.88. The van der Waals surface area contributed by atoms with Crippen molar-refractivity contribution in [1.29, 1.82) is 0 Å². The van der Waals surface area contributed by atoms with Gasteiger partial charge in [-0.05, 0) is 18.9 Å². The summed E-state index contributed by atoms with van der Waals surface area (Å²) in [5.74, 6) is -0.106. The normalized spacial score (nSPS) is 10.3. The molecule has 0 bridgehead atoms. The van der Waals surface area contributed by atoms with Crippen molar-refractivity contribution in [2.45, 2.75) is 26.9 Å². The number of hydrogen-bond acceptors (Lipinski definition) is 4. The van der Waals surface area contributed by atoms with Gasteiger partial charge in [-0.25, -0.2) is 4.79 Å². The highest BCUT2D eigenvalue weighted by atomic mass is 16.5. The fourth-order valence-electron chi connectivity index (χ4n) is 1.86. The molecule has 2 aromatic rings. The summed E-state index contributed by atoms with van der Waals surface area (Å²) in [6.45, 7) is 4.40. The summed E-state index contributed by atoms with van der Waals surface area (Å²) < 4.78 is 10.7. The number of H-pyrrole nitrogens is 1. The van der Waals surface area contributed by atoms with Crippen LogP contribution in [0.15, 0.2) is 30.3 Å². The lowest BCUT2D eigenvalue weighted by Crippen LogP contribution is -2.09. The van der Waals surface area contributed by atoms with Gasteiger partial charge in [0.1, 0.15) is 12.2 Å². The molecule has 0 saturated carbocycles. The van der Waals surface area contributed by atoms with Gasteiger partial charge in [0.2, 0.25) is 5.88 Å². The first-order valence-corrected chi connectivity index (χ1v) is 6.67. The molecule has 0 aliphatic heterocycles. The second kappa shape index (κ2) is 6.75. The lowest BCUT2D eigenvalue weighted by Gasteiger charge is -2.06. The largest absolute Gasteiger partial charge is 0.471 e. The van der Waals surface area contributed by atoms with Gasteiger partial charge in [0, 0.05) is 0 Å². The van der Waals surface area contributed by atoms with E-state index in [1.807, 2.05) is 37.3 Å². The van der Waals surface area contributed by atoms with Gasteiger partial charge in [-0.1, -0.05) is 37.3 Å². The maximum absolute atomic E-state index is 12.0. The quantitative estimate of drug-likeness (QED) is 0.823. The van der Waals surface area contributed by atoms with Crippen LogP contribution in [0, 0.1) is 0 Å². The molecular formula is C15H18N2O3. The van der Waals surface area contributed by atoms with Gasteiger partial charge in [0.05, 0.1) is 12.3 Å². The van der Waals surface area contributed by atoms with Crippen LogP contribution in [-0.4, -0.2) is 22.8 Å². The lowest BCUT2D eigenvalue weighted by atomic mass is 10.2. The molecule has 106 valence electrons. The lowest BCUT2D eigenvalue weighted by molar-refractivity contribution is 0.0520. The van der Waals surface area contributed by atoms with Crippen molar-refractivity contribution in [3.8, 4) is 5.88 Å². The molecule has 1 aromatic carbocycles. The molecule has 1 N–H and O–H groups in total. The molecule has 0 unspecified atom stereocenters. The van der Waals surface area contributed by atoms with Crippen LogP contribution in [0.1, 0.15) is 35.5 Å². The third-order valence-corrected chi connectivity index (χ3v) is 2.86. The van der Waals surface area contributed by atoms with Gasteiger partial charge in [-0.2, -0.15) is 0 Å². The molecule has 1 heterocycles. The second-order valence-electron chi connectivity index (χ2n) is 4.23.